The first-order valence-electron chi connectivity index (χ1n) is 8.83. The lowest BCUT2D eigenvalue weighted by atomic mass is 10.2. The van der Waals surface area contributed by atoms with Crippen LogP contribution in [0.1, 0.15) is 10.4 Å². The number of rotatable bonds is 6. The Morgan fingerprint density at radius 3 is 2.20 bits per heavy atom. The number of nitrogens with zero attached hydrogens (tertiary/aromatic N) is 1. The van der Waals surface area contributed by atoms with Crippen molar-refractivity contribution < 1.29 is 18.0 Å². The number of carbonyl (C=O) groups is 2. The highest BCUT2D eigenvalue weighted by atomic mass is 32.2. The van der Waals surface area contributed by atoms with E-state index in [1.54, 1.807) is 12.1 Å². The lowest BCUT2D eigenvalue weighted by Crippen LogP contribution is -2.30. The number of sulfonamides is 1. The zero-order valence-electron chi connectivity index (χ0n) is 15.5. The van der Waals surface area contributed by atoms with Gasteiger partial charge in [-0.1, -0.05) is 48.2 Å². The molecular formula is C21H16N2O4S3. The Balaban J connectivity index is 1.65. The van der Waals surface area contributed by atoms with Gasteiger partial charge in [0.1, 0.15) is 0 Å². The zero-order chi connectivity index (χ0) is 21.3. The van der Waals surface area contributed by atoms with Crippen molar-refractivity contribution in [2.45, 2.75) is 16.3 Å². The average molecular weight is 457 g/mol. The normalized spacial score (nSPS) is 14.6. The van der Waals surface area contributed by atoms with E-state index in [2.05, 4.69) is 0 Å². The molecule has 3 aromatic rings. The number of primary sulfonamides is 1. The van der Waals surface area contributed by atoms with E-state index in [-0.39, 0.29) is 23.3 Å². The Morgan fingerprint density at radius 1 is 0.900 bits per heavy atom. The number of benzene rings is 2. The van der Waals surface area contributed by atoms with Crippen molar-refractivity contribution in [3.05, 3.63) is 87.5 Å². The summed E-state index contributed by atoms with van der Waals surface area (Å²) < 4.78 is 22.9. The highest BCUT2D eigenvalue weighted by Gasteiger charge is 2.39. The van der Waals surface area contributed by atoms with Gasteiger partial charge in [-0.25, -0.2) is 13.6 Å². The van der Waals surface area contributed by atoms with E-state index in [1.165, 1.54) is 40.1 Å². The molecule has 1 aromatic heterocycles. The van der Waals surface area contributed by atoms with Crippen LogP contribution in [0.4, 0.5) is 0 Å². The predicted molar refractivity (Wildman–Crippen MR) is 117 cm³/mol. The minimum absolute atomic E-state index is 0.0250. The first-order chi connectivity index (χ1) is 14.3. The average Bonchev–Trinajstić information content (AvgIpc) is 3.32. The van der Waals surface area contributed by atoms with Crippen LogP contribution < -0.4 is 5.14 Å². The fraction of sp³-hybridized carbons (Fsp3) is 0.0476. The first-order valence-corrected chi connectivity index (χ1v) is 12.1. The third kappa shape index (κ3) is 4.10. The summed E-state index contributed by atoms with van der Waals surface area (Å²) in [6, 6.07) is 18.9. The molecule has 30 heavy (non-hydrogen) atoms. The SMILES string of the molecule is NS(=O)(=O)c1ccc(CN2C(=O)C(Sc3ccccc3)=C(c3cccs3)C2=O)cc1. The number of hydrogen-bond acceptors (Lipinski definition) is 6. The van der Waals surface area contributed by atoms with Gasteiger partial charge in [0.2, 0.25) is 10.0 Å². The summed E-state index contributed by atoms with van der Waals surface area (Å²) >= 11 is 2.67. The van der Waals surface area contributed by atoms with Crippen molar-refractivity contribution in [2.75, 3.05) is 0 Å². The summed E-state index contributed by atoms with van der Waals surface area (Å²) in [5.74, 6) is -0.732. The van der Waals surface area contributed by atoms with Crippen molar-refractivity contribution in [2.24, 2.45) is 5.14 Å². The van der Waals surface area contributed by atoms with Crippen molar-refractivity contribution in [3.63, 3.8) is 0 Å². The Hall–Kier alpha value is -2.72. The number of amides is 2. The molecule has 9 heteroatoms. The second kappa shape index (κ2) is 8.19. The summed E-state index contributed by atoms with van der Waals surface area (Å²) in [6.45, 7) is 0.0380. The van der Waals surface area contributed by atoms with Crippen LogP contribution in [0.15, 0.2) is 86.8 Å². The Bertz CT molecular complexity index is 1230. The smallest absolute Gasteiger partial charge is 0.268 e. The second-order valence-corrected chi connectivity index (χ2v) is 10.1. The molecule has 0 saturated carbocycles. The van der Waals surface area contributed by atoms with Gasteiger partial charge in [-0.15, -0.1) is 11.3 Å². The minimum atomic E-state index is -3.81. The van der Waals surface area contributed by atoms with E-state index < -0.39 is 10.0 Å². The minimum Gasteiger partial charge on any atom is -0.269 e. The maximum Gasteiger partial charge on any atom is 0.268 e. The summed E-state index contributed by atoms with van der Waals surface area (Å²) in [6.07, 6.45) is 0. The Morgan fingerprint density at radius 2 is 1.60 bits per heavy atom. The van der Waals surface area contributed by atoms with Gasteiger partial charge < -0.3 is 0 Å². The number of carbonyl (C=O) groups excluding carboxylic acids is 2. The van der Waals surface area contributed by atoms with E-state index in [9.17, 15) is 18.0 Å². The Labute approximate surface area is 182 Å². The third-order valence-corrected chi connectivity index (χ3v) is 7.36. The second-order valence-electron chi connectivity index (χ2n) is 6.48. The van der Waals surface area contributed by atoms with Gasteiger partial charge in [0.25, 0.3) is 11.8 Å². The first kappa shape index (κ1) is 20.5. The number of hydrogen-bond donors (Lipinski definition) is 1. The quantitative estimate of drug-likeness (QED) is 0.573. The largest absolute Gasteiger partial charge is 0.269 e. The van der Waals surface area contributed by atoms with Crippen LogP contribution >= 0.6 is 23.1 Å². The third-order valence-electron chi connectivity index (χ3n) is 4.45. The molecule has 0 saturated heterocycles. The lowest BCUT2D eigenvalue weighted by molar-refractivity contribution is -0.137. The highest BCUT2D eigenvalue weighted by molar-refractivity contribution is 8.04. The van der Waals surface area contributed by atoms with Crippen molar-refractivity contribution in [3.8, 4) is 0 Å². The van der Waals surface area contributed by atoms with Gasteiger partial charge in [0.15, 0.2) is 0 Å². The van der Waals surface area contributed by atoms with E-state index in [4.69, 9.17) is 5.14 Å². The molecule has 2 N–H and O–H groups in total. The van der Waals surface area contributed by atoms with Crippen LogP contribution in [-0.2, 0) is 26.2 Å². The predicted octanol–water partition coefficient (Wildman–Crippen LogP) is 3.47. The molecule has 0 spiro atoms. The van der Waals surface area contributed by atoms with Crippen LogP contribution in [0.5, 0.6) is 0 Å². The number of imide groups is 1. The molecule has 1 aliphatic rings. The van der Waals surface area contributed by atoms with Crippen molar-refractivity contribution in [1.82, 2.24) is 4.90 Å². The molecule has 0 unspecified atom stereocenters. The number of thioether (sulfide) groups is 1. The van der Waals surface area contributed by atoms with E-state index in [0.29, 0.717) is 16.0 Å². The fourth-order valence-corrected chi connectivity index (χ4v) is 5.38. The molecule has 2 amide bonds. The topological polar surface area (TPSA) is 97.5 Å². The molecule has 1 aliphatic heterocycles. The van der Waals surface area contributed by atoms with Crippen LogP contribution in [0, 0.1) is 0 Å². The van der Waals surface area contributed by atoms with E-state index in [0.717, 1.165) is 9.77 Å². The molecule has 6 nitrogen and oxygen atoms in total. The van der Waals surface area contributed by atoms with Crippen LogP contribution in [0.3, 0.4) is 0 Å². The molecule has 2 heterocycles. The molecule has 0 radical (unpaired) electrons. The molecule has 2 aromatic carbocycles. The molecule has 0 atom stereocenters. The monoisotopic (exact) mass is 456 g/mol. The molecule has 0 fully saturated rings. The Kier molecular flexibility index (Phi) is 5.61. The highest BCUT2D eigenvalue weighted by Crippen LogP contribution is 2.41. The van der Waals surface area contributed by atoms with Gasteiger partial charge >= 0.3 is 0 Å². The van der Waals surface area contributed by atoms with Crippen LogP contribution in [0.25, 0.3) is 5.57 Å². The summed E-state index contributed by atoms with van der Waals surface area (Å²) in [5.41, 5.74) is 1.02. The maximum atomic E-state index is 13.2. The molecule has 0 aliphatic carbocycles. The van der Waals surface area contributed by atoms with Crippen molar-refractivity contribution >= 4 is 50.5 Å². The summed E-state index contributed by atoms with van der Waals surface area (Å²) in [7, 11) is -3.81. The van der Waals surface area contributed by atoms with Gasteiger partial charge in [-0.05, 0) is 41.3 Å². The van der Waals surface area contributed by atoms with Gasteiger partial charge in [-0.2, -0.15) is 0 Å². The number of nitrogens with two attached hydrogens (primary N) is 1. The van der Waals surface area contributed by atoms with Gasteiger partial charge in [0.05, 0.1) is 21.9 Å². The zero-order valence-corrected chi connectivity index (χ0v) is 18.0. The summed E-state index contributed by atoms with van der Waals surface area (Å²) in [4.78, 5) is 29.5. The maximum absolute atomic E-state index is 13.2. The summed E-state index contributed by atoms with van der Waals surface area (Å²) in [5, 5.41) is 6.98. The van der Waals surface area contributed by atoms with Gasteiger partial charge in [-0.3, -0.25) is 14.5 Å². The van der Waals surface area contributed by atoms with Crippen LogP contribution in [-0.4, -0.2) is 25.1 Å². The molecular weight excluding hydrogens is 440 g/mol. The standard InChI is InChI=1S/C21H16N2O4S3/c22-30(26,27)16-10-8-14(9-11-16)13-23-20(24)18(17-7-4-12-28-17)19(21(23)25)29-15-5-2-1-3-6-15/h1-12H,13H2,(H2,22,26,27). The lowest BCUT2D eigenvalue weighted by Gasteiger charge is -2.15. The number of thiophene rings is 1. The van der Waals surface area contributed by atoms with Crippen LogP contribution in [0.2, 0.25) is 0 Å². The van der Waals surface area contributed by atoms with E-state index in [1.807, 2.05) is 47.8 Å². The molecule has 0 bridgehead atoms. The fourth-order valence-electron chi connectivity index (χ4n) is 3.00. The van der Waals surface area contributed by atoms with Gasteiger partial charge in [0, 0.05) is 9.77 Å². The van der Waals surface area contributed by atoms with Crippen molar-refractivity contribution in [1.29, 1.82) is 0 Å². The molecule has 4 rings (SSSR count). The van der Waals surface area contributed by atoms with E-state index >= 15 is 0 Å². The molecule has 152 valence electrons.